The average Bonchev–Trinajstić information content (AvgIpc) is 3.31. The molecule has 2 aromatic rings. The highest BCUT2D eigenvalue weighted by molar-refractivity contribution is 8.00. The lowest BCUT2D eigenvalue weighted by molar-refractivity contribution is -0.123. The fraction of sp³-hybridized carbons (Fsp3) is 0.348. The molecule has 0 aliphatic carbocycles. The molecule has 1 aliphatic rings. The Hall–Kier alpha value is -2.84. The predicted molar refractivity (Wildman–Crippen MR) is 121 cm³/mol. The Bertz CT molecular complexity index is 868. The summed E-state index contributed by atoms with van der Waals surface area (Å²) in [4.78, 5) is 25.1. The molecule has 2 aromatic carbocycles. The Labute approximate surface area is 186 Å². The molecule has 7 nitrogen and oxygen atoms in total. The SMILES string of the molecule is C[C@H](Sc1ccccc1)C(=O)N/N=C\c1ccc(OCC(=O)NC[C@@H]2CCCO2)cc1. The molecule has 1 saturated heterocycles. The van der Waals surface area contributed by atoms with Crippen molar-refractivity contribution in [2.45, 2.75) is 36.0 Å². The van der Waals surface area contributed by atoms with Gasteiger partial charge in [-0.2, -0.15) is 5.10 Å². The average molecular weight is 442 g/mol. The molecule has 2 atom stereocenters. The molecule has 164 valence electrons. The van der Waals surface area contributed by atoms with Gasteiger partial charge in [-0.25, -0.2) is 5.43 Å². The van der Waals surface area contributed by atoms with Gasteiger partial charge in [0.1, 0.15) is 5.75 Å². The van der Waals surface area contributed by atoms with E-state index in [-0.39, 0.29) is 29.8 Å². The number of carbonyl (C=O) groups is 2. The highest BCUT2D eigenvalue weighted by atomic mass is 32.2. The minimum absolute atomic E-state index is 0.0484. The van der Waals surface area contributed by atoms with E-state index >= 15 is 0 Å². The van der Waals surface area contributed by atoms with Gasteiger partial charge in [0, 0.05) is 18.0 Å². The number of rotatable bonds is 10. The standard InChI is InChI=1S/C23H27N3O4S/c1-17(31-21-7-3-2-4-8-21)23(28)26-25-14-18-9-11-19(12-10-18)30-16-22(27)24-15-20-6-5-13-29-20/h2-4,7-12,14,17,20H,5-6,13,15-16H2,1H3,(H,24,27)(H,26,28)/b25-14-/t17-,20-/m0/s1. The van der Waals surface area contributed by atoms with E-state index < -0.39 is 0 Å². The van der Waals surface area contributed by atoms with E-state index in [1.165, 1.54) is 11.8 Å². The van der Waals surface area contributed by atoms with Crippen LogP contribution in [-0.4, -0.2) is 49.1 Å². The molecule has 0 aromatic heterocycles. The van der Waals surface area contributed by atoms with Crippen molar-refractivity contribution in [1.29, 1.82) is 0 Å². The van der Waals surface area contributed by atoms with Crippen LogP contribution in [0.25, 0.3) is 0 Å². The van der Waals surface area contributed by atoms with E-state index in [2.05, 4.69) is 15.8 Å². The molecule has 2 N–H and O–H groups in total. The van der Waals surface area contributed by atoms with Crippen LogP contribution in [0, 0.1) is 0 Å². The second kappa shape index (κ2) is 12.1. The molecule has 8 heteroatoms. The second-order valence-corrected chi connectivity index (χ2v) is 8.52. The number of benzene rings is 2. The molecule has 1 aliphatic heterocycles. The zero-order chi connectivity index (χ0) is 21.9. The first-order chi connectivity index (χ1) is 15.1. The monoisotopic (exact) mass is 441 g/mol. The van der Waals surface area contributed by atoms with Crippen LogP contribution in [0.1, 0.15) is 25.3 Å². The fourth-order valence-electron chi connectivity index (χ4n) is 2.90. The molecule has 0 spiro atoms. The van der Waals surface area contributed by atoms with Crippen molar-refractivity contribution in [1.82, 2.24) is 10.7 Å². The Morgan fingerprint density at radius 2 is 2.00 bits per heavy atom. The molecular formula is C23H27N3O4S. The van der Waals surface area contributed by atoms with Gasteiger partial charge in [-0.3, -0.25) is 9.59 Å². The maximum absolute atomic E-state index is 12.2. The maximum atomic E-state index is 12.2. The summed E-state index contributed by atoms with van der Waals surface area (Å²) in [6.45, 7) is 3.08. The third kappa shape index (κ3) is 8.07. The van der Waals surface area contributed by atoms with Crippen molar-refractivity contribution in [3.63, 3.8) is 0 Å². The van der Waals surface area contributed by atoms with E-state index in [1.54, 1.807) is 30.5 Å². The summed E-state index contributed by atoms with van der Waals surface area (Å²) in [5.41, 5.74) is 3.36. The Kier molecular flexibility index (Phi) is 8.93. The van der Waals surface area contributed by atoms with Crippen molar-refractivity contribution < 1.29 is 19.1 Å². The van der Waals surface area contributed by atoms with Crippen LogP contribution in [0.2, 0.25) is 0 Å². The number of hydrazone groups is 1. The first kappa shape index (κ1) is 22.8. The van der Waals surface area contributed by atoms with Gasteiger partial charge in [-0.1, -0.05) is 18.2 Å². The minimum Gasteiger partial charge on any atom is -0.484 e. The van der Waals surface area contributed by atoms with Gasteiger partial charge in [0.25, 0.3) is 11.8 Å². The summed E-state index contributed by atoms with van der Waals surface area (Å²) in [6.07, 6.45) is 3.70. The Morgan fingerprint density at radius 1 is 1.23 bits per heavy atom. The van der Waals surface area contributed by atoms with E-state index in [9.17, 15) is 9.59 Å². The van der Waals surface area contributed by atoms with Gasteiger partial charge in [0.15, 0.2) is 6.61 Å². The molecule has 0 bridgehead atoms. The molecule has 3 rings (SSSR count). The van der Waals surface area contributed by atoms with Gasteiger partial charge >= 0.3 is 0 Å². The number of carbonyl (C=O) groups excluding carboxylic acids is 2. The maximum Gasteiger partial charge on any atom is 0.258 e. The predicted octanol–water partition coefficient (Wildman–Crippen LogP) is 2.99. The molecule has 1 fully saturated rings. The fourth-order valence-corrected chi connectivity index (χ4v) is 3.78. The summed E-state index contributed by atoms with van der Waals surface area (Å²) in [5, 5.41) is 6.57. The quantitative estimate of drug-likeness (QED) is 0.336. The number of nitrogens with zero attached hydrogens (tertiary/aromatic N) is 1. The van der Waals surface area contributed by atoms with Gasteiger partial charge in [-0.05, 0) is 61.7 Å². The number of hydrogen-bond donors (Lipinski definition) is 2. The summed E-state index contributed by atoms with van der Waals surface area (Å²) in [5.74, 6) is 0.242. The van der Waals surface area contributed by atoms with E-state index in [4.69, 9.17) is 9.47 Å². The van der Waals surface area contributed by atoms with Gasteiger partial charge < -0.3 is 14.8 Å². The summed E-state index contributed by atoms with van der Waals surface area (Å²) in [7, 11) is 0. The number of thioether (sulfide) groups is 1. The number of hydrogen-bond acceptors (Lipinski definition) is 6. The van der Waals surface area contributed by atoms with Crippen LogP contribution in [0.5, 0.6) is 5.75 Å². The molecule has 2 amide bonds. The van der Waals surface area contributed by atoms with Crippen LogP contribution in [-0.2, 0) is 14.3 Å². The molecule has 0 radical (unpaired) electrons. The molecule has 0 saturated carbocycles. The molecular weight excluding hydrogens is 414 g/mol. The minimum atomic E-state index is -0.262. The third-order valence-electron chi connectivity index (χ3n) is 4.61. The van der Waals surface area contributed by atoms with Crippen LogP contribution >= 0.6 is 11.8 Å². The zero-order valence-electron chi connectivity index (χ0n) is 17.5. The molecule has 0 unspecified atom stereocenters. The van der Waals surface area contributed by atoms with Crippen molar-refractivity contribution in [2.24, 2.45) is 5.10 Å². The van der Waals surface area contributed by atoms with E-state index in [0.29, 0.717) is 12.3 Å². The number of ether oxygens (including phenoxy) is 2. The van der Waals surface area contributed by atoms with Crippen LogP contribution in [0.3, 0.4) is 0 Å². The Balaban J connectivity index is 1.36. The lowest BCUT2D eigenvalue weighted by Gasteiger charge is -2.11. The van der Waals surface area contributed by atoms with Crippen molar-refractivity contribution in [3.05, 3.63) is 60.2 Å². The summed E-state index contributed by atoms with van der Waals surface area (Å²) >= 11 is 1.48. The summed E-state index contributed by atoms with van der Waals surface area (Å²) in [6, 6.07) is 16.9. The van der Waals surface area contributed by atoms with E-state index in [0.717, 1.165) is 29.9 Å². The van der Waals surface area contributed by atoms with Crippen molar-refractivity contribution >= 4 is 29.8 Å². The molecule has 31 heavy (non-hydrogen) atoms. The lowest BCUT2D eigenvalue weighted by Crippen LogP contribution is -2.35. The normalized spacial score (nSPS) is 16.7. The molecule has 1 heterocycles. The van der Waals surface area contributed by atoms with Crippen LogP contribution in [0.15, 0.2) is 64.6 Å². The van der Waals surface area contributed by atoms with Crippen LogP contribution < -0.4 is 15.5 Å². The van der Waals surface area contributed by atoms with Gasteiger partial charge in [0.2, 0.25) is 0 Å². The third-order valence-corrected chi connectivity index (χ3v) is 5.73. The highest BCUT2D eigenvalue weighted by Crippen LogP contribution is 2.22. The zero-order valence-corrected chi connectivity index (χ0v) is 18.3. The number of nitrogens with one attached hydrogen (secondary N) is 2. The summed E-state index contributed by atoms with van der Waals surface area (Å²) < 4.78 is 11.0. The second-order valence-electron chi connectivity index (χ2n) is 7.10. The van der Waals surface area contributed by atoms with Crippen molar-refractivity contribution in [3.8, 4) is 5.75 Å². The van der Waals surface area contributed by atoms with Gasteiger partial charge in [0.05, 0.1) is 17.6 Å². The lowest BCUT2D eigenvalue weighted by atomic mass is 10.2. The van der Waals surface area contributed by atoms with Gasteiger partial charge in [-0.15, -0.1) is 11.8 Å². The van der Waals surface area contributed by atoms with Crippen LogP contribution in [0.4, 0.5) is 0 Å². The van der Waals surface area contributed by atoms with Crippen molar-refractivity contribution in [2.75, 3.05) is 19.8 Å². The first-order valence-corrected chi connectivity index (χ1v) is 11.1. The highest BCUT2D eigenvalue weighted by Gasteiger charge is 2.16. The first-order valence-electron chi connectivity index (χ1n) is 10.3. The topological polar surface area (TPSA) is 89.0 Å². The van der Waals surface area contributed by atoms with E-state index in [1.807, 2.05) is 37.3 Å². The number of amides is 2. The largest absolute Gasteiger partial charge is 0.484 e. The smallest absolute Gasteiger partial charge is 0.258 e. The Morgan fingerprint density at radius 3 is 2.71 bits per heavy atom.